The molecule has 6 heteroatoms. The molecule has 2 N–H and O–H groups in total. The molecule has 33 heavy (non-hydrogen) atoms. The molecule has 1 atom stereocenters. The Morgan fingerprint density at radius 3 is 2.33 bits per heavy atom. The van der Waals surface area contributed by atoms with E-state index in [1.807, 2.05) is 79.7 Å². The van der Waals surface area contributed by atoms with Crippen molar-refractivity contribution < 1.29 is 9.53 Å². The lowest BCUT2D eigenvalue weighted by Crippen LogP contribution is -2.18. The van der Waals surface area contributed by atoms with Gasteiger partial charge in [-0.05, 0) is 68.3 Å². The van der Waals surface area contributed by atoms with Crippen LogP contribution in [-0.2, 0) is 0 Å². The second-order valence-electron chi connectivity index (χ2n) is 7.86. The molecule has 0 spiro atoms. The van der Waals surface area contributed by atoms with Gasteiger partial charge in [0.1, 0.15) is 16.6 Å². The van der Waals surface area contributed by atoms with E-state index < -0.39 is 0 Å². The molecule has 1 unspecified atom stereocenters. The van der Waals surface area contributed by atoms with Crippen LogP contribution in [0.3, 0.4) is 0 Å². The van der Waals surface area contributed by atoms with E-state index in [1.165, 1.54) is 0 Å². The van der Waals surface area contributed by atoms with Gasteiger partial charge in [0.2, 0.25) is 0 Å². The lowest BCUT2D eigenvalue weighted by atomic mass is 9.96. The smallest absolute Gasteiger partial charge is 0.256 e. The Bertz CT molecular complexity index is 1250. The molecule has 4 rings (SSSR count). The maximum absolute atomic E-state index is 13.0. The molecule has 168 valence electrons. The Labute approximate surface area is 198 Å². The van der Waals surface area contributed by atoms with Crippen molar-refractivity contribution in [3.05, 3.63) is 106 Å². The molecule has 0 bridgehead atoms. The third kappa shape index (κ3) is 5.07. The average molecular weight is 458 g/mol. The molecule has 0 saturated heterocycles. The number of benzene rings is 2. The molecule has 0 saturated carbocycles. The van der Waals surface area contributed by atoms with Crippen molar-refractivity contribution in [2.24, 2.45) is 0 Å². The molecule has 0 aliphatic heterocycles. The summed E-state index contributed by atoms with van der Waals surface area (Å²) in [5.41, 5.74) is 4.79. The summed E-state index contributed by atoms with van der Waals surface area (Å²) in [7, 11) is 1.66. The van der Waals surface area contributed by atoms with Crippen LogP contribution in [0.15, 0.2) is 72.8 Å². The molecular formula is C27H27N3O2S. The highest BCUT2D eigenvalue weighted by Crippen LogP contribution is 2.41. The third-order valence-corrected chi connectivity index (χ3v) is 6.75. The standard InChI is InChI=1S/C27H27N3O2S/c1-17-9-8-12-23(28-17)29-25(20-13-15-22(32-4)16-14-20)24-18(2)19(3)33-27(24)30-26(31)21-10-6-5-7-11-21/h5-16,25H,1-4H3,(H,28,29)(H,30,31). The number of nitrogens with one attached hydrogen (secondary N) is 2. The van der Waals surface area contributed by atoms with E-state index in [4.69, 9.17) is 4.74 Å². The van der Waals surface area contributed by atoms with Gasteiger partial charge in [-0.1, -0.05) is 36.4 Å². The van der Waals surface area contributed by atoms with Crippen LogP contribution in [0.1, 0.15) is 43.7 Å². The monoisotopic (exact) mass is 457 g/mol. The summed E-state index contributed by atoms with van der Waals surface area (Å²) in [6.07, 6.45) is 0. The third-order valence-electron chi connectivity index (χ3n) is 5.61. The number of pyridine rings is 1. The first-order valence-corrected chi connectivity index (χ1v) is 11.6. The quantitative estimate of drug-likeness (QED) is 0.331. The predicted molar refractivity (Wildman–Crippen MR) is 136 cm³/mol. The Hall–Kier alpha value is -3.64. The highest BCUT2D eigenvalue weighted by molar-refractivity contribution is 7.16. The summed E-state index contributed by atoms with van der Waals surface area (Å²) in [6.45, 7) is 6.15. The molecule has 5 nitrogen and oxygen atoms in total. The van der Waals surface area contributed by atoms with E-state index in [1.54, 1.807) is 18.4 Å². The fourth-order valence-electron chi connectivity index (χ4n) is 3.74. The van der Waals surface area contributed by atoms with Crippen molar-refractivity contribution in [3.8, 4) is 5.75 Å². The predicted octanol–water partition coefficient (Wildman–Crippen LogP) is 6.53. The van der Waals surface area contributed by atoms with Crippen LogP contribution in [0, 0.1) is 20.8 Å². The fraction of sp³-hybridized carbons (Fsp3) is 0.185. The molecule has 0 aliphatic rings. The van der Waals surface area contributed by atoms with Crippen molar-refractivity contribution in [1.29, 1.82) is 0 Å². The number of anilines is 2. The molecule has 2 aromatic carbocycles. The number of thiophene rings is 1. The second-order valence-corrected chi connectivity index (χ2v) is 9.09. The highest BCUT2D eigenvalue weighted by Gasteiger charge is 2.25. The maximum Gasteiger partial charge on any atom is 0.256 e. The number of hydrogen-bond acceptors (Lipinski definition) is 5. The minimum Gasteiger partial charge on any atom is -0.497 e. The van der Waals surface area contributed by atoms with Gasteiger partial charge in [0, 0.05) is 21.7 Å². The van der Waals surface area contributed by atoms with Crippen LogP contribution < -0.4 is 15.4 Å². The van der Waals surface area contributed by atoms with Crippen LogP contribution >= 0.6 is 11.3 Å². The Balaban J connectivity index is 1.78. The summed E-state index contributed by atoms with van der Waals surface area (Å²) in [6, 6.07) is 23.0. The van der Waals surface area contributed by atoms with Gasteiger partial charge in [-0.3, -0.25) is 4.79 Å². The Morgan fingerprint density at radius 1 is 0.939 bits per heavy atom. The van der Waals surface area contributed by atoms with Gasteiger partial charge in [0.25, 0.3) is 5.91 Å². The highest BCUT2D eigenvalue weighted by atomic mass is 32.1. The van der Waals surface area contributed by atoms with Crippen LogP contribution in [0.5, 0.6) is 5.75 Å². The van der Waals surface area contributed by atoms with Crippen molar-refractivity contribution in [2.75, 3.05) is 17.7 Å². The number of carbonyl (C=O) groups is 1. The van der Waals surface area contributed by atoms with Gasteiger partial charge in [0.15, 0.2) is 0 Å². The summed E-state index contributed by atoms with van der Waals surface area (Å²) >= 11 is 1.59. The second kappa shape index (κ2) is 9.88. The molecule has 0 fully saturated rings. The zero-order chi connectivity index (χ0) is 23.4. The van der Waals surface area contributed by atoms with Crippen LogP contribution in [-0.4, -0.2) is 18.0 Å². The molecule has 2 heterocycles. The van der Waals surface area contributed by atoms with Crippen molar-refractivity contribution in [2.45, 2.75) is 26.8 Å². The first-order chi connectivity index (χ1) is 16.0. The van der Waals surface area contributed by atoms with Crippen molar-refractivity contribution >= 4 is 28.1 Å². The fourth-order valence-corrected chi connectivity index (χ4v) is 4.83. The number of nitrogens with zero attached hydrogens (tertiary/aromatic N) is 1. The van der Waals surface area contributed by atoms with Crippen LogP contribution in [0.2, 0.25) is 0 Å². The normalized spacial score (nSPS) is 11.6. The average Bonchev–Trinajstić information content (AvgIpc) is 3.11. The zero-order valence-electron chi connectivity index (χ0n) is 19.2. The number of carbonyl (C=O) groups excluding carboxylic acids is 1. The minimum atomic E-state index is -0.207. The number of amides is 1. The van der Waals surface area contributed by atoms with Crippen molar-refractivity contribution in [1.82, 2.24) is 4.98 Å². The van der Waals surface area contributed by atoms with Gasteiger partial charge < -0.3 is 15.4 Å². The number of rotatable bonds is 7. The van der Waals surface area contributed by atoms with Crippen LogP contribution in [0.4, 0.5) is 10.8 Å². The van der Waals surface area contributed by atoms with E-state index in [2.05, 4.69) is 29.5 Å². The molecule has 4 aromatic rings. The molecule has 1 amide bonds. The topological polar surface area (TPSA) is 63.2 Å². The number of methoxy groups -OCH3 is 1. The number of hydrogen-bond donors (Lipinski definition) is 2. The Morgan fingerprint density at radius 2 is 1.67 bits per heavy atom. The number of aryl methyl sites for hydroxylation is 2. The molecule has 0 radical (unpaired) electrons. The molecule has 2 aromatic heterocycles. The first-order valence-electron chi connectivity index (χ1n) is 10.8. The van der Waals surface area contributed by atoms with Crippen molar-refractivity contribution in [3.63, 3.8) is 0 Å². The van der Waals surface area contributed by atoms with Gasteiger partial charge >= 0.3 is 0 Å². The van der Waals surface area contributed by atoms with E-state index in [9.17, 15) is 4.79 Å². The lowest BCUT2D eigenvalue weighted by molar-refractivity contribution is 0.102. The van der Waals surface area contributed by atoms with Crippen LogP contribution in [0.25, 0.3) is 0 Å². The maximum atomic E-state index is 13.0. The Kier molecular flexibility index (Phi) is 6.75. The minimum absolute atomic E-state index is 0.125. The lowest BCUT2D eigenvalue weighted by Gasteiger charge is -2.23. The molecular weight excluding hydrogens is 430 g/mol. The van der Waals surface area contributed by atoms with Gasteiger partial charge in [0.05, 0.1) is 13.2 Å². The number of aromatic nitrogens is 1. The summed E-state index contributed by atoms with van der Waals surface area (Å²) in [4.78, 5) is 18.8. The number of ether oxygens (including phenoxy) is 1. The van der Waals surface area contributed by atoms with Gasteiger partial charge in [-0.25, -0.2) is 4.98 Å². The molecule has 0 aliphatic carbocycles. The van der Waals surface area contributed by atoms with E-state index in [0.29, 0.717) is 5.56 Å². The van der Waals surface area contributed by atoms with E-state index in [0.717, 1.165) is 43.8 Å². The van der Waals surface area contributed by atoms with E-state index in [-0.39, 0.29) is 11.9 Å². The summed E-state index contributed by atoms with van der Waals surface area (Å²) in [5, 5.41) is 7.59. The largest absolute Gasteiger partial charge is 0.497 e. The SMILES string of the molecule is COc1ccc(C(Nc2cccc(C)n2)c2c(NC(=O)c3ccccc3)sc(C)c2C)cc1. The van der Waals surface area contributed by atoms with E-state index >= 15 is 0 Å². The summed E-state index contributed by atoms with van der Waals surface area (Å²) in [5.74, 6) is 1.45. The first kappa shape index (κ1) is 22.6. The summed E-state index contributed by atoms with van der Waals surface area (Å²) < 4.78 is 5.35. The van der Waals surface area contributed by atoms with Gasteiger partial charge in [-0.15, -0.1) is 11.3 Å². The van der Waals surface area contributed by atoms with Gasteiger partial charge in [-0.2, -0.15) is 0 Å². The zero-order valence-corrected chi connectivity index (χ0v) is 20.0.